The van der Waals surface area contributed by atoms with Gasteiger partial charge >= 0.3 is 30.3 Å². The summed E-state index contributed by atoms with van der Waals surface area (Å²) in [7, 11) is 0. The number of nitrogens with one attached hydrogen (secondary N) is 1. The number of hydrogen-bond acceptors (Lipinski definition) is 4. The SMILES string of the molecule is CCOC(Cc1ccc(OCCN(CCCCC(F)(F)C(F)(F)F)C(=O)NCC(F)(F)F)cc1)C(=O)O. The largest absolute Gasteiger partial charge is 0.492 e. The van der Waals surface area contributed by atoms with Gasteiger partial charge in [0.15, 0.2) is 6.10 Å². The van der Waals surface area contributed by atoms with Crippen molar-refractivity contribution in [3.8, 4) is 5.75 Å². The lowest BCUT2D eigenvalue weighted by molar-refractivity contribution is -0.284. The van der Waals surface area contributed by atoms with Crippen LogP contribution in [0.15, 0.2) is 24.3 Å². The Morgan fingerprint density at radius 3 is 2.14 bits per heavy atom. The summed E-state index contributed by atoms with van der Waals surface area (Å²) in [4.78, 5) is 24.1. The lowest BCUT2D eigenvalue weighted by Gasteiger charge is -2.24. The molecular weight excluding hydrogens is 524 g/mol. The molecule has 1 atom stereocenters. The van der Waals surface area contributed by atoms with E-state index in [1.807, 2.05) is 0 Å². The lowest BCUT2D eigenvalue weighted by atomic mass is 10.1. The number of carbonyl (C=O) groups excluding carboxylic acids is 1. The van der Waals surface area contributed by atoms with Crippen molar-refractivity contribution in [3.05, 3.63) is 29.8 Å². The molecule has 15 heteroatoms. The maximum absolute atomic E-state index is 13.0. The molecule has 2 amide bonds. The van der Waals surface area contributed by atoms with Crippen molar-refractivity contribution in [1.29, 1.82) is 0 Å². The summed E-state index contributed by atoms with van der Waals surface area (Å²) >= 11 is 0. The maximum Gasteiger partial charge on any atom is 0.453 e. The van der Waals surface area contributed by atoms with E-state index < -0.39 is 55.8 Å². The van der Waals surface area contributed by atoms with Crippen molar-refractivity contribution in [2.75, 3.05) is 32.8 Å². The van der Waals surface area contributed by atoms with Crippen molar-refractivity contribution in [1.82, 2.24) is 10.2 Å². The molecule has 1 aromatic carbocycles. The van der Waals surface area contributed by atoms with Gasteiger partial charge < -0.3 is 24.8 Å². The Kier molecular flexibility index (Phi) is 12.3. The van der Waals surface area contributed by atoms with Gasteiger partial charge in [0.25, 0.3) is 0 Å². The Morgan fingerprint density at radius 2 is 1.62 bits per heavy atom. The van der Waals surface area contributed by atoms with E-state index in [9.17, 15) is 44.7 Å². The van der Waals surface area contributed by atoms with Crippen molar-refractivity contribution in [3.63, 3.8) is 0 Å². The summed E-state index contributed by atoms with van der Waals surface area (Å²) in [5.74, 6) is -5.76. The second-order valence-electron chi connectivity index (χ2n) is 7.90. The molecule has 0 aliphatic heterocycles. The molecule has 0 aliphatic carbocycles. The highest BCUT2D eigenvalue weighted by Gasteiger charge is 2.56. The van der Waals surface area contributed by atoms with E-state index in [1.165, 1.54) is 12.1 Å². The van der Waals surface area contributed by atoms with Crippen molar-refractivity contribution in [2.24, 2.45) is 0 Å². The lowest BCUT2D eigenvalue weighted by Crippen LogP contribution is -2.45. The summed E-state index contributed by atoms with van der Waals surface area (Å²) in [5.41, 5.74) is 0.622. The molecule has 7 nitrogen and oxygen atoms in total. The highest BCUT2D eigenvalue weighted by atomic mass is 19.4. The van der Waals surface area contributed by atoms with Gasteiger partial charge in [0.05, 0.1) is 6.54 Å². The van der Waals surface area contributed by atoms with Crippen LogP contribution in [0.1, 0.15) is 31.7 Å². The second kappa shape index (κ2) is 14.2. The number of alkyl halides is 8. The molecular formula is C22H28F8N2O5. The number of unbranched alkanes of at least 4 members (excludes halogenated alkanes) is 1. The third kappa shape index (κ3) is 12.3. The molecule has 0 saturated carbocycles. The topological polar surface area (TPSA) is 88.1 Å². The number of benzene rings is 1. The van der Waals surface area contributed by atoms with E-state index in [-0.39, 0.29) is 44.9 Å². The van der Waals surface area contributed by atoms with Crippen LogP contribution in [0.4, 0.5) is 39.9 Å². The van der Waals surface area contributed by atoms with Gasteiger partial charge in [-0.05, 0) is 37.5 Å². The van der Waals surface area contributed by atoms with Crippen LogP contribution in [-0.4, -0.2) is 79.2 Å². The Bertz CT molecular complexity index is 847. The molecule has 0 saturated heterocycles. The maximum atomic E-state index is 13.0. The number of nitrogens with zero attached hydrogens (tertiary/aromatic N) is 1. The van der Waals surface area contributed by atoms with Crippen molar-refractivity contribution in [2.45, 2.75) is 57.0 Å². The van der Waals surface area contributed by atoms with Gasteiger partial charge in [-0.2, -0.15) is 35.1 Å². The van der Waals surface area contributed by atoms with Gasteiger partial charge in [0.2, 0.25) is 0 Å². The minimum absolute atomic E-state index is 0.0873. The number of amides is 2. The normalized spacial score (nSPS) is 13.2. The smallest absolute Gasteiger partial charge is 0.453 e. The fraction of sp³-hybridized carbons (Fsp3) is 0.636. The monoisotopic (exact) mass is 552 g/mol. The molecule has 1 rings (SSSR count). The number of ether oxygens (including phenoxy) is 2. The Balaban J connectivity index is 2.67. The van der Waals surface area contributed by atoms with E-state index in [1.54, 1.807) is 24.4 Å². The molecule has 0 heterocycles. The van der Waals surface area contributed by atoms with E-state index in [0.717, 1.165) is 4.90 Å². The van der Waals surface area contributed by atoms with Gasteiger partial charge in [-0.3, -0.25) is 0 Å². The summed E-state index contributed by atoms with van der Waals surface area (Å²) < 4.78 is 111. The molecule has 2 N–H and O–H groups in total. The second-order valence-corrected chi connectivity index (χ2v) is 7.90. The zero-order valence-electron chi connectivity index (χ0n) is 19.8. The average Bonchev–Trinajstić information content (AvgIpc) is 2.78. The minimum atomic E-state index is -5.72. The van der Waals surface area contributed by atoms with Gasteiger partial charge in [-0.15, -0.1) is 0 Å². The fourth-order valence-corrected chi connectivity index (χ4v) is 3.02. The number of carbonyl (C=O) groups is 2. The summed E-state index contributed by atoms with van der Waals surface area (Å²) in [6.07, 6.45) is -13.9. The van der Waals surface area contributed by atoms with Gasteiger partial charge in [0.1, 0.15) is 18.9 Å². The standard InChI is InChI=1S/C22H28F8N2O5/c1-2-36-17(18(33)34)13-15-5-7-16(8-6-15)37-12-11-32(19(35)31-14-21(25,26)27)10-4-3-9-20(23,24)22(28,29)30/h5-8,17H,2-4,9-14H2,1H3,(H,31,35)(H,33,34). The summed E-state index contributed by atoms with van der Waals surface area (Å²) in [5, 5.41) is 10.7. The minimum Gasteiger partial charge on any atom is -0.492 e. The Morgan fingerprint density at radius 1 is 1.00 bits per heavy atom. The zero-order valence-corrected chi connectivity index (χ0v) is 19.8. The first-order chi connectivity index (χ1) is 17.1. The van der Waals surface area contributed by atoms with Crippen LogP contribution in [0.2, 0.25) is 0 Å². The molecule has 0 aliphatic rings. The van der Waals surface area contributed by atoms with Gasteiger partial charge in [0, 0.05) is 26.0 Å². The van der Waals surface area contributed by atoms with E-state index in [0.29, 0.717) is 5.56 Å². The molecule has 0 spiro atoms. The van der Waals surface area contributed by atoms with Crippen LogP contribution in [0.5, 0.6) is 5.75 Å². The molecule has 37 heavy (non-hydrogen) atoms. The van der Waals surface area contributed by atoms with E-state index in [2.05, 4.69) is 0 Å². The molecule has 1 aromatic rings. The van der Waals surface area contributed by atoms with Crippen LogP contribution in [-0.2, 0) is 16.0 Å². The van der Waals surface area contributed by atoms with Crippen LogP contribution >= 0.6 is 0 Å². The number of hydrogen-bond donors (Lipinski definition) is 2. The predicted molar refractivity (Wildman–Crippen MR) is 115 cm³/mol. The number of halogens is 8. The highest BCUT2D eigenvalue weighted by molar-refractivity contribution is 5.74. The molecule has 1 unspecified atom stereocenters. The van der Waals surface area contributed by atoms with Gasteiger partial charge in [-0.1, -0.05) is 12.1 Å². The molecule has 0 fully saturated rings. The fourth-order valence-electron chi connectivity index (χ4n) is 3.02. The summed E-state index contributed by atoms with van der Waals surface area (Å²) in [6.45, 7) is -0.697. The van der Waals surface area contributed by atoms with E-state index >= 15 is 0 Å². The summed E-state index contributed by atoms with van der Waals surface area (Å²) in [6, 6.07) is 4.94. The molecule has 0 bridgehead atoms. The first kappa shape index (κ1) is 32.2. The number of aliphatic carboxylic acids is 1. The predicted octanol–water partition coefficient (Wildman–Crippen LogP) is 5.04. The van der Waals surface area contributed by atoms with Crippen molar-refractivity contribution >= 4 is 12.0 Å². The highest BCUT2D eigenvalue weighted by Crippen LogP contribution is 2.39. The average molecular weight is 552 g/mol. The van der Waals surface area contributed by atoms with Crippen molar-refractivity contribution < 1.29 is 59.3 Å². The number of carboxylic acid groups (broad SMARTS) is 1. The molecule has 0 radical (unpaired) electrons. The molecule has 0 aromatic heterocycles. The van der Waals surface area contributed by atoms with E-state index in [4.69, 9.17) is 14.6 Å². The first-order valence-corrected chi connectivity index (χ1v) is 11.2. The number of urea groups is 1. The quantitative estimate of drug-likeness (QED) is 0.235. The third-order valence-electron chi connectivity index (χ3n) is 4.93. The molecule has 212 valence electrons. The van der Waals surface area contributed by atoms with Crippen LogP contribution in [0, 0.1) is 0 Å². The first-order valence-electron chi connectivity index (χ1n) is 11.2. The number of carboxylic acids is 1. The van der Waals surface area contributed by atoms with Crippen LogP contribution in [0.3, 0.4) is 0 Å². The van der Waals surface area contributed by atoms with Crippen LogP contribution < -0.4 is 10.1 Å². The van der Waals surface area contributed by atoms with Gasteiger partial charge in [-0.25, -0.2) is 9.59 Å². The zero-order chi connectivity index (χ0) is 28.3. The third-order valence-corrected chi connectivity index (χ3v) is 4.93. The number of rotatable bonds is 15. The Hall–Kier alpha value is -2.84. The Labute approximate surface area is 207 Å². The van der Waals surface area contributed by atoms with Crippen LogP contribution in [0.25, 0.3) is 0 Å².